The molecular weight excluding hydrogens is 274 g/mol. The minimum atomic E-state index is -1.01. The molecule has 3 amide bonds. The van der Waals surface area contributed by atoms with E-state index in [0.717, 1.165) is 0 Å². The second-order valence-corrected chi connectivity index (χ2v) is 3.90. The van der Waals surface area contributed by atoms with E-state index in [1.54, 1.807) is 37.4 Å². The zero-order valence-electron chi connectivity index (χ0n) is 11.5. The van der Waals surface area contributed by atoms with Crippen molar-refractivity contribution in [2.75, 3.05) is 20.3 Å². The molecule has 0 atom stereocenters. The fourth-order valence-corrected chi connectivity index (χ4v) is 1.40. The lowest BCUT2D eigenvalue weighted by Crippen LogP contribution is -2.35. The number of rotatable bonds is 6. The smallest absolute Gasteiger partial charge is 0.319 e. The zero-order chi connectivity index (χ0) is 15.7. The minimum Gasteiger partial charge on any atom is -0.491 e. The Morgan fingerprint density at radius 2 is 2.00 bits per heavy atom. The van der Waals surface area contributed by atoms with Crippen molar-refractivity contribution in [3.63, 3.8) is 0 Å². The highest BCUT2D eigenvalue weighted by molar-refractivity contribution is 6.08. The van der Waals surface area contributed by atoms with Crippen molar-refractivity contribution in [1.29, 1.82) is 5.26 Å². The Kier molecular flexibility index (Phi) is 6.44. The lowest BCUT2D eigenvalue weighted by atomic mass is 10.1. The van der Waals surface area contributed by atoms with Crippen LogP contribution in [0.4, 0.5) is 4.79 Å². The van der Waals surface area contributed by atoms with Crippen LogP contribution in [0.25, 0.3) is 6.08 Å². The summed E-state index contributed by atoms with van der Waals surface area (Å²) in [4.78, 5) is 22.1. The molecule has 0 saturated carbocycles. The van der Waals surface area contributed by atoms with Crippen LogP contribution in [0, 0.1) is 11.3 Å². The summed E-state index contributed by atoms with van der Waals surface area (Å²) in [6.07, 6.45) is 1.34. The molecule has 0 unspecified atom stereocenters. The number of methoxy groups -OCH3 is 1. The third-order valence-electron chi connectivity index (χ3n) is 2.35. The molecular formula is C14H15N3O4. The summed E-state index contributed by atoms with van der Waals surface area (Å²) in [5.74, 6) is -0.199. The first-order chi connectivity index (χ1) is 10.1. The topological polar surface area (TPSA) is 114 Å². The van der Waals surface area contributed by atoms with Crippen LogP contribution in [0.5, 0.6) is 5.75 Å². The van der Waals surface area contributed by atoms with Gasteiger partial charge in [0, 0.05) is 7.11 Å². The Labute approximate surface area is 121 Å². The van der Waals surface area contributed by atoms with Crippen LogP contribution in [0.1, 0.15) is 5.56 Å². The van der Waals surface area contributed by atoms with Crippen molar-refractivity contribution in [2.24, 2.45) is 5.73 Å². The van der Waals surface area contributed by atoms with Gasteiger partial charge in [0.25, 0.3) is 5.91 Å². The number of carbonyl (C=O) groups excluding carboxylic acids is 2. The summed E-state index contributed by atoms with van der Waals surface area (Å²) in [6.45, 7) is 0.906. The van der Waals surface area contributed by atoms with Gasteiger partial charge in [-0.25, -0.2) is 4.79 Å². The standard InChI is InChI=1S/C14H15N3O4/c1-20-6-7-21-12-4-2-10(3-5-12)8-11(9-15)13(18)17-14(16)19/h2-5,8H,6-7H2,1H3,(H3,16,17,18,19)/b11-8+. The van der Waals surface area contributed by atoms with Crippen LogP contribution in [0.3, 0.4) is 0 Å². The fraction of sp³-hybridized carbons (Fsp3) is 0.214. The first-order valence-electron chi connectivity index (χ1n) is 6.01. The summed E-state index contributed by atoms with van der Waals surface area (Å²) in [7, 11) is 1.58. The lowest BCUT2D eigenvalue weighted by Gasteiger charge is -2.05. The summed E-state index contributed by atoms with van der Waals surface area (Å²) in [6, 6.07) is 7.44. The number of nitrogens with two attached hydrogens (primary N) is 1. The van der Waals surface area contributed by atoms with Crippen molar-refractivity contribution in [2.45, 2.75) is 0 Å². The van der Waals surface area contributed by atoms with Crippen LogP contribution < -0.4 is 15.8 Å². The van der Waals surface area contributed by atoms with Gasteiger partial charge in [-0.3, -0.25) is 10.1 Å². The number of hydrogen-bond donors (Lipinski definition) is 2. The second kappa shape index (κ2) is 8.35. The number of carbonyl (C=O) groups is 2. The van der Waals surface area contributed by atoms with Crippen molar-refractivity contribution >= 4 is 18.0 Å². The third-order valence-corrected chi connectivity index (χ3v) is 2.35. The van der Waals surface area contributed by atoms with E-state index in [1.807, 2.05) is 5.32 Å². The largest absolute Gasteiger partial charge is 0.491 e. The monoisotopic (exact) mass is 289 g/mol. The molecule has 3 N–H and O–H groups in total. The normalized spacial score (nSPS) is 10.6. The lowest BCUT2D eigenvalue weighted by molar-refractivity contribution is -0.115. The summed E-state index contributed by atoms with van der Waals surface area (Å²) in [5, 5.41) is 10.7. The van der Waals surface area contributed by atoms with E-state index in [1.165, 1.54) is 6.08 Å². The van der Waals surface area contributed by atoms with E-state index in [9.17, 15) is 9.59 Å². The molecule has 0 spiro atoms. The van der Waals surface area contributed by atoms with Gasteiger partial charge >= 0.3 is 6.03 Å². The molecule has 0 aliphatic heterocycles. The summed E-state index contributed by atoms with van der Waals surface area (Å²) in [5.41, 5.74) is 5.22. The summed E-state index contributed by atoms with van der Waals surface area (Å²) >= 11 is 0. The molecule has 1 rings (SSSR count). The van der Waals surface area contributed by atoms with Gasteiger partial charge in [0.1, 0.15) is 24.0 Å². The molecule has 1 aromatic carbocycles. The average Bonchev–Trinajstić information content (AvgIpc) is 2.45. The predicted molar refractivity (Wildman–Crippen MR) is 75.1 cm³/mol. The molecule has 0 aliphatic carbocycles. The van der Waals surface area contributed by atoms with Gasteiger partial charge in [0.05, 0.1) is 6.61 Å². The van der Waals surface area contributed by atoms with Gasteiger partial charge in [-0.1, -0.05) is 12.1 Å². The number of urea groups is 1. The first-order valence-corrected chi connectivity index (χ1v) is 6.01. The number of primary amides is 1. The maximum Gasteiger partial charge on any atom is 0.319 e. The number of nitrogens with zero attached hydrogens (tertiary/aromatic N) is 1. The van der Waals surface area contributed by atoms with Crippen molar-refractivity contribution in [3.8, 4) is 11.8 Å². The van der Waals surface area contributed by atoms with Gasteiger partial charge in [-0.2, -0.15) is 5.26 Å². The Balaban J connectivity index is 2.76. The van der Waals surface area contributed by atoms with E-state index < -0.39 is 11.9 Å². The summed E-state index contributed by atoms with van der Waals surface area (Å²) < 4.78 is 10.2. The predicted octanol–water partition coefficient (Wildman–Crippen LogP) is 0.814. The number of nitriles is 1. The van der Waals surface area contributed by atoms with E-state index in [4.69, 9.17) is 20.5 Å². The Bertz CT molecular complexity index is 573. The maximum atomic E-state index is 11.5. The van der Waals surface area contributed by atoms with Gasteiger partial charge in [0.2, 0.25) is 0 Å². The van der Waals surface area contributed by atoms with Crippen molar-refractivity contribution in [3.05, 3.63) is 35.4 Å². The van der Waals surface area contributed by atoms with Crippen molar-refractivity contribution in [1.82, 2.24) is 5.32 Å². The zero-order valence-corrected chi connectivity index (χ0v) is 11.5. The van der Waals surface area contributed by atoms with E-state index in [-0.39, 0.29) is 5.57 Å². The van der Waals surface area contributed by atoms with Crippen LogP contribution in [-0.2, 0) is 9.53 Å². The number of hydrogen-bond acceptors (Lipinski definition) is 5. The van der Waals surface area contributed by atoms with Crippen LogP contribution in [0.15, 0.2) is 29.8 Å². The Hall–Kier alpha value is -2.85. The second-order valence-electron chi connectivity index (χ2n) is 3.90. The number of ether oxygens (including phenoxy) is 2. The first kappa shape index (κ1) is 16.2. The molecule has 0 aliphatic rings. The molecule has 0 radical (unpaired) electrons. The van der Waals surface area contributed by atoms with Crippen LogP contribution >= 0.6 is 0 Å². The Morgan fingerprint density at radius 3 is 2.52 bits per heavy atom. The molecule has 21 heavy (non-hydrogen) atoms. The van der Waals surface area contributed by atoms with Crippen molar-refractivity contribution < 1.29 is 19.1 Å². The maximum absolute atomic E-state index is 11.5. The van der Waals surface area contributed by atoms with Gasteiger partial charge in [-0.05, 0) is 23.8 Å². The SMILES string of the molecule is COCCOc1ccc(/C=C(\C#N)C(=O)NC(N)=O)cc1. The number of benzene rings is 1. The van der Waals surface area contributed by atoms with E-state index >= 15 is 0 Å². The molecule has 110 valence electrons. The van der Waals surface area contributed by atoms with E-state index in [2.05, 4.69) is 0 Å². The molecule has 0 heterocycles. The number of imide groups is 1. The van der Waals surface area contributed by atoms with Gasteiger partial charge < -0.3 is 15.2 Å². The van der Waals surface area contributed by atoms with Gasteiger partial charge in [-0.15, -0.1) is 0 Å². The minimum absolute atomic E-state index is 0.221. The number of nitrogens with one attached hydrogen (secondary N) is 1. The molecule has 7 nitrogen and oxygen atoms in total. The highest BCUT2D eigenvalue weighted by Gasteiger charge is 2.10. The molecule has 7 heteroatoms. The van der Waals surface area contributed by atoms with Crippen LogP contribution in [-0.4, -0.2) is 32.3 Å². The molecule has 0 bridgehead atoms. The fourth-order valence-electron chi connectivity index (χ4n) is 1.40. The van der Waals surface area contributed by atoms with E-state index in [0.29, 0.717) is 24.5 Å². The molecule has 0 saturated heterocycles. The number of amides is 3. The van der Waals surface area contributed by atoms with Gasteiger partial charge in [0.15, 0.2) is 0 Å². The molecule has 1 aromatic rings. The average molecular weight is 289 g/mol. The molecule has 0 fully saturated rings. The molecule has 0 aromatic heterocycles. The third kappa shape index (κ3) is 5.76. The Morgan fingerprint density at radius 1 is 1.33 bits per heavy atom. The highest BCUT2D eigenvalue weighted by Crippen LogP contribution is 2.14. The highest BCUT2D eigenvalue weighted by atomic mass is 16.5. The quantitative estimate of drug-likeness (QED) is 0.457. The van der Waals surface area contributed by atoms with Crippen LogP contribution in [0.2, 0.25) is 0 Å².